The largest absolute Gasteiger partial charge is 0.255 e. The fraction of sp³-hybridized carbons (Fsp3) is 0.0270. The maximum absolute atomic E-state index is 4.84. The van der Waals surface area contributed by atoms with E-state index in [1.807, 2.05) is 18.2 Å². The molecule has 0 radical (unpaired) electrons. The van der Waals surface area contributed by atoms with Crippen LogP contribution in [0.5, 0.6) is 0 Å². The first-order valence-electron chi connectivity index (χ1n) is 13.1. The second-order valence-electron chi connectivity index (χ2n) is 9.60. The minimum atomic E-state index is 0.704. The summed E-state index contributed by atoms with van der Waals surface area (Å²) in [7, 11) is 0. The summed E-state index contributed by atoms with van der Waals surface area (Å²) in [6, 6.07) is 41.0. The molecule has 0 aliphatic carbocycles. The Kier molecular flexibility index (Phi) is 6.44. The number of nitrogens with zero attached hydrogens (tertiary/aromatic N) is 2. The number of rotatable bonds is 6. The van der Waals surface area contributed by atoms with Gasteiger partial charge in [-0.3, -0.25) is 4.99 Å². The summed E-state index contributed by atoms with van der Waals surface area (Å²) in [5.74, 6) is 0. The predicted octanol–water partition coefficient (Wildman–Crippen LogP) is 9.82. The molecule has 186 valence electrons. The molecule has 0 spiro atoms. The van der Waals surface area contributed by atoms with Crippen molar-refractivity contribution < 1.29 is 0 Å². The van der Waals surface area contributed by atoms with Gasteiger partial charge in [0.2, 0.25) is 0 Å². The number of benzene rings is 5. The van der Waals surface area contributed by atoms with E-state index in [9.17, 15) is 0 Å². The van der Waals surface area contributed by atoms with Crippen molar-refractivity contribution in [2.45, 2.75) is 6.92 Å². The number of hydrogen-bond acceptors (Lipinski definition) is 2. The van der Waals surface area contributed by atoms with Gasteiger partial charge in [0.15, 0.2) is 0 Å². The number of aryl methyl sites for hydroxylation is 1. The van der Waals surface area contributed by atoms with E-state index in [-0.39, 0.29) is 0 Å². The van der Waals surface area contributed by atoms with Crippen LogP contribution in [0, 0.1) is 6.92 Å². The van der Waals surface area contributed by atoms with Crippen LogP contribution < -0.4 is 0 Å². The van der Waals surface area contributed by atoms with Gasteiger partial charge in [0.25, 0.3) is 0 Å². The molecule has 0 saturated heterocycles. The Balaban J connectivity index is 1.53. The van der Waals surface area contributed by atoms with Gasteiger partial charge in [0.1, 0.15) is 0 Å². The SMILES string of the molecule is C=CN=C(C=C)c1cccc(-c2ccc(-c3c4ccccc4c(-c4cccc(C)c4)c4ccccc34)cc2)n1. The molecule has 0 unspecified atom stereocenters. The lowest BCUT2D eigenvalue weighted by Gasteiger charge is -2.18. The van der Waals surface area contributed by atoms with E-state index in [1.54, 1.807) is 6.08 Å². The Labute approximate surface area is 229 Å². The van der Waals surface area contributed by atoms with Crippen LogP contribution in [0.2, 0.25) is 0 Å². The number of allylic oxidation sites excluding steroid dienone is 1. The zero-order valence-corrected chi connectivity index (χ0v) is 21.9. The van der Waals surface area contributed by atoms with Crippen molar-refractivity contribution in [3.63, 3.8) is 0 Å². The van der Waals surface area contributed by atoms with E-state index in [1.165, 1.54) is 55.6 Å². The topological polar surface area (TPSA) is 25.2 Å². The third kappa shape index (κ3) is 4.47. The average Bonchev–Trinajstić information content (AvgIpc) is 2.98. The van der Waals surface area contributed by atoms with Crippen LogP contribution in [0.3, 0.4) is 0 Å². The second-order valence-corrected chi connectivity index (χ2v) is 9.60. The highest BCUT2D eigenvalue weighted by Gasteiger charge is 2.16. The van der Waals surface area contributed by atoms with Crippen LogP contribution >= 0.6 is 0 Å². The molecule has 0 aliphatic heterocycles. The second kappa shape index (κ2) is 10.4. The monoisotopic (exact) mass is 500 g/mol. The highest BCUT2D eigenvalue weighted by atomic mass is 14.8. The lowest BCUT2D eigenvalue weighted by Crippen LogP contribution is -2.00. The van der Waals surface area contributed by atoms with E-state index in [0.717, 1.165) is 17.0 Å². The third-order valence-corrected chi connectivity index (χ3v) is 7.14. The molecule has 1 heterocycles. The summed E-state index contributed by atoms with van der Waals surface area (Å²) in [4.78, 5) is 9.13. The summed E-state index contributed by atoms with van der Waals surface area (Å²) in [6.07, 6.45) is 3.21. The lowest BCUT2D eigenvalue weighted by molar-refractivity contribution is 1.29. The summed E-state index contributed by atoms with van der Waals surface area (Å²) in [5, 5.41) is 5.01. The van der Waals surface area contributed by atoms with Gasteiger partial charge < -0.3 is 0 Å². The first kappa shape index (κ1) is 24.3. The molecule has 0 N–H and O–H groups in total. The normalized spacial score (nSPS) is 11.6. The van der Waals surface area contributed by atoms with Crippen molar-refractivity contribution in [2.75, 3.05) is 0 Å². The zero-order valence-electron chi connectivity index (χ0n) is 21.9. The van der Waals surface area contributed by atoms with Gasteiger partial charge in [-0.15, -0.1) is 0 Å². The molecule has 0 aliphatic rings. The standard InChI is InChI=1S/C37H28N2/c1-4-33(38-5-2)35-19-11-18-34(39-35)26-20-22-27(23-21-26)36-29-14-6-8-16-31(29)37(28-13-10-12-25(3)24-28)32-17-9-7-15-30(32)36/h4-24H,1-2H2,3H3. The molecule has 0 fully saturated rings. The Morgan fingerprint density at radius 1 is 0.615 bits per heavy atom. The van der Waals surface area contributed by atoms with Gasteiger partial charge >= 0.3 is 0 Å². The molecule has 0 bridgehead atoms. The van der Waals surface area contributed by atoms with Crippen molar-refractivity contribution in [1.29, 1.82) is 0 Å². The smallest absolute Gasteiger partial charge is 0.0893 e. The molecule has 0 amide bonds. The first-order chi connectivity index (χ1) is 19.2. The Hall–Kier alpha value is -5.08. The Morgan fingerprint density at radius 3 is 1.74 bits per heavy atom. The number of aromatic nitrogens is 1. The van der Waals surface area contributed by atoms with Crippen molar-refractivity contribution in [2.24, 2.45) is 4.99 Å². The predicted molar refractivity (Wildman–Crippen MR) is 167 cm³/mol. The molecule has 5 aromatic carbocycles. The van der Waals surface area contributed by atoms with Gasteiger partial charge in [-0.25, -0.2) is 4.98 Å². The quantitative estimate of drug-likeness (QED) is 0.165. The van der Waals surface area contributed by atoms with E-state index in [0.29, 0.717) is 5.71 Å². The molecule has 2 nitrogen and oxygen atoms in total. The van der Waals surface area contributed by atoms with Crippen LogP contribution in [0.25, 0.3) is 55.1 Å². The molecule has 0 atom stereocenters. The summed E-state index contributed by atoms with van der Waals surface area (Å²) in [5.41, 5.74) is 9.63. The van der Waals surface area contributed by atoms with Crippen molar-refractivity contribution in [3.05, 3.63) is 152 Å². The van der Waals surface area contributed by atoms with Crippen LogP contribution in [-0.4, -0.2) is 10.7 Å². The Bertz CT molecular complexity index is 1830. The fourth-order valence-electron chi connectivity index (χ4n) is 5.42. The number of fused-ring (bicyclic) bond motifs is 2. The zero-order chi connectivity index (χ0) is 26.8. The minimum Gasteiger partial charge on any atom is -0.255 e. The van der Waals surface area contributed by atoms with Crippen molar-refractivity contribution in [1.82, 2.24) is 4.98 Å². The van der Waals surface area contributed by atoms with E-state index >= 15 is 0 Å². The minimum absolute atomic E-state index is 0.704. The summed E-state index contributed by atoms with van der Waals surface area (Å²) in [6.45, 7) is 9.72. The third-order valence-electron chi connectivity index (χ3n) is 7.14. The highest BCUT2D eigenvalue weighted by molar-refractivity contribution is 6.21. The number of aliphatic imine (C=N–C) groups is 1. The highest BCUT2D eigenvalue weighted by Crippen LogP contribution is 2.43. The van der Waals surface area contributed by atoms with Crippen LogP contribution in [0.15, 0.2) is 146 Å². The fourth-order valence-corrected chi connectivity index (χ4v) is 5.42. The van der Waals surface area contributed by atoms with Crippen molar-refractivity contribution >= 4 is 27.3 Å². The van der Waals surface area contributed by atoms with E-state index < -0.39 is 0 Å². The van der Waals surface area contributed by atoms with Gasteiger partial charge in [-0.2, -0.15) is 0 Å². The maximum Gasteiger partial charge on any atom is 0.0893 e. The molecule has 6 rings (SSSR count). The van der Waals surface area contributed by atoms with E-state index in [4.69, 9.17) is 4.98 Å². The summed E-state index contributed by atoms with van der Waals surface area (Å²) >= 11 is 0. The molecule has 39 heavy (non-hydrogen) atoms. The Morgan fingerprint density at radius 2 is 1.18 bits per heavy atom. The molecule has 2 heteroatoms. The van der Waals surface area contributed by atoms with Gasteiger partial charge in [0, 0.05) is 11.8 Å². The molecular weight excluding hydrogens is 472 g/mol. The van der Waals surface area contributed by atoms with Crippen LogP contribution in [0.1, 0.15) is 11.3 Å². The molecule has 0 saturated carbocycles. The van der Waals surface area contributed by atoms with E-state index in [2.05, 4.69) is 122 Å². The van der Waals surface area contributed by atoms with Crippen molar-refractivity contribution in [3.8, 4) is 33.5 Å². The van der Waals surface area contributed by atoms with Crippen LogP contribution in [0.4, 0.5) is 0 Å². The molecule has 1 aromatic heterocycles. The van der Waals surface area contributed by atoms with Gasteiger partial charge in [-0.1, -0.05) is 122 Å². The first-order valence-corrected chi connectivity index (χ1v) is 13.1. The summed E-state index contributed by atoms with van der Waals surface area (Å²) < 4.78 is 0. The lowest BCUT2D eigenvalue weighted by atomic mass is 9.85. The molecule has 6 aromatic rings. The average molecular weight is 501 g/mol. The van der Waals surface area contributed by atoms with Gasteiger partial charge in [-0.05, 0) is 68.9 Å². The van der Waals surface area contributed by atoms with Crippen LogP contribution in [-0.2, 0) is 0 Å². The number of pyridine rings is 1. The number of hydrogen-bond donors (Lipinski definition) is 0. The van der Waals surface area contributed by atoms with Gasteiger partial charge in [0.05, 0.1) is 17.1 Å². The molecular formula is C37H28N2. The maximum atomic E-state index is 4.84.